The molecule has 1 saturated heterocycles. The molecule has 2 bridgehead atoms. The smallest absolute Gasteiger partial charge is 0.262 e. The first-order chi connectivity index (χ1) is 15.9. The summed E-state index contributed by atoms with van der Waals surface area (Å²) in [5.74, 6) is -0.871. The van der Waals surface area contributed by atoms with Crippen LogP contribution in [-0.4, -0.2) is 35.6 Å². The van der Waals surface area contributed by atoms with Crippen molar-refractivity contribution in [3.05, 3.63) is 70.8 Å². The summed E-state index contributed by atoms with van der Waals surface area (Å²) in [5, 5.41) is 8.40. The predicted octanol–water partition coefficient (Wildman–Crippen LogP) is 3.81. The Morgan fingerprint density at radius 3 is 2.55 bits per heavy atom. The lowest BCUT2D eigenvalue weighted by Crippen LogP contribution is -2.28. The number of allylic oxidation sites excluding steroid dienone is 2. The van der Waals surface area contributed by atoms with Gasteiger partial charge in [-0.2, -0.15) is 10.1 Å². The minimum atomic E-state index is -0.317. The maximum Gasteiger partial charge on any atom is 0.262 e. The molecule has 2 aromatic carbocycles. The van der Waals surface area contributed by atoms with Crippen molar-refractivity contribution in [2.45, 2.75) is 13.3 Å². The molecule has 1 N–H and O–H groups in total. The summed E-state index contributed by atoms with van der Waals surface area (Å²) < 4.78 is 5.69. The molecule has 3 amide bonds. The van der Waals surface area contributed by atoms with Gasteiger partial charge in [-0.25, -0.2) is 0 Å². The molecule has 0 aromatic heterocycles. The summed E-state index contributed by atoms with van der Waals surface area (Å²) in [6.45, 7) is 1.68. The van der Waals surface area contributed by atoms with Gasteiger partial charge in [-0.15, -0.1) is 0 Å². The van der Waals surface area contributed by atoms with E-state index in [0.717, 1.165) is 17.0 Å². The Morgan fingerprint density at radius 1 is 1.15 bits per heavy atom. The Balaban J connectivity index is 1.29. The van der Waals surface area contributed by atoms with Gasteiger partial charge in [0.2, 0.25) is 0 Å². The number of amides is 3. The predicted molar refractivity (Wildman–Crippen MR) is 124 cm³/mol. The van der Waals surface area contributed by atoms with Crippen LogP contribution in [0.3, 0.4) is 0 Å². The SMILES string of the molecule is Cc1ccccc1NC(=O)COc1ccc(Cl)cc1C=NN1C(=O)C2C3C=CC(C3)C2C1=O. The number of hydrazone groups is 1. The van der Waals surface area contributed by atoms with Gasteiger partial charge in [0.1, 0.15) is 5.75 Å². The molecule has 2 aliphatic carbocycles. The summed E-state index contributed by atoms with van der Waals surface area (Å²) >= 11 is 6.13. The summed E-state index contributed by atoms with van der Waals surface area (Å²) in [7, 11) is 0. The fourth-order valence-electron chi connectivity index (χ4n) is 4.91. The highest BCUT2D eigenvalue weighted by atomic mass is 35.5. The molecule has 1 saturated carbocycles. The molecule has 1 aliphatic heterocycles. The zero-order chi connectivity index (χ0) is 23.1. The van der Waals surface area contributed by atoms with Crippen LogP contribution in [0.4, 0.5) is 5.69 Å². The van der Waals surface area contributed by atoms with E-state index in [1.54, 1.807) is 18.2 Å². The Kier molecular flexibility index (Phi) is 5.50. The molecule has 4 unspecified atom stereocenters. The minimum Gasteiger partial charge on any atom is -0.483 e. The number of nitrogens with zero attached hydrogens (tertiary/aromatic N) is 2. The van der Waals surface area contributed by atoms with E-state index in [9.17, 15) is 14.4 Å². The fourth-order valence-corrected chi connectivity index (χ4v) is 5.10. The van der Waals surface area contributed by atoms with E-state index in [1.165, 1.54) is 6.21 Å². The Bertz CT molecular complexity index is 1180. The molecule has 0 spiro atoms. The van der Waals surface area contributed by atoms with Crippen LogP contribution < -0.4 is 10.1 Å². The number of para-hydroxylation sites is 1. The maximum absolute atomic E-state index is 12.8. The molecule has 0 radical (unpaired) electrons. The van der Waals surface area contributed by atoms with Crippen molar-refractivity contribution in [1.29, 1.82) is 0 Å². The Labute approximate surface area is 196 Å². The maximum atomic E-state index is 12.8. The molecule has 3 aliphatic rings. The van der Waals surface area contributed by atoms with Gasteiger partial charge in [0.25, 0.3) is 17.7 Å². The van der Waals surface area contributed by atoms with Crippen molar-refractivity contribution in [3.63, 3.8) is 0 Å². The summed E-state index contributed by atoms with van der Waals surface area (Å²) in [6, 6.07) is 12.3. The average molecular weight is 464 g/mol. The second-order valence-electron chi connectivity index (χ2n) is 8.57. The number of benzene rings is 2. The number of ether oxygens (including phenoxy) is 1. The van der Waals surface area contributed by atoms with Crippen LogP contribution in [0.1, 0.15) is 17.5 Å². The number of hydrogen-bond donors (Lipinski definition) is 1. The standard InChI is InChI=1S/C25H22ClN3O4/c1-14-4-2-3-5-19(14)28-21(30)13-33-20-9-8-18(26)11-17(20)12-27-29-24(31)22-15-6-7-16(10-15)23(22)25(29)32/h2-9,11-12,15-16,22-23H,10,13H2,1H3,(H,28,30). The average Bonchev–Trinajstić information content (AvgIpc) is 3.47. The summed E-state index contributed by atoms with van der Waals surface area (Å²) in [6.07, 6.45) is 6.32. The molecule has 4 atom stereocenters. The number of aryl methyl sites for hydroxylation is 1. The quantitative estimate of drug-likeness (QED) is 0.401. The number of halogens is 1. The second kappa shape index (κ2) is 8.48. The Morgan fingerprint density at radius 2 is 1.85 bits per heavy atom. The van der Waals surface area contributed by atoms with Gasteiger partial charge in [0.05, 0.1) is 18.1 Å². The molecule has 7 nitrogen and oxygen atoms in total. The molecule has 2 fully saturated rings. The van der Waals surface area contributed by atoms with Crippen LogP contribution in [0.5, 0.6) is 5.75 Å². The summed E-state index contributed by atoms with van der Waals surface area (Å²) in [5.41, 5.74) is 2.12. The minimum absolute atomic E-state index is 0.119. The van der Waals surface area contributed by atoms with Crippen LogP contribution >= 0.6 is 11.6 Å². The highest BCUT2D eigenvalue weighted by Gasteiger charge is 2.59. The van der Waals surface area contributed by atoms with E-state index in [2.05, 4.69) is 10.4 Å². The molecule has 5 rings (SSSR count). The Hall–Kier alpha value is -3.45. The van der Waals surface area contributed by atoms with Crippen molar-refractivity contribution < 1.29 is 19.1 Å². The lowest BCUT2D eigenvalue weighted by atomic mass is 9.85. The second-order valence-corrected chi connectivity index (χ2v) is 9.00. The lowest BCUT2D eigenvalue weighted by molar-refractivity contribution is -0.140. The van der Waals surface area contributed by atoms with Gasteiger partial charge in [-0.05, 0) is 55.0 Å². The van der Waals surface area contributed by atoms with Crippen molar-refractivity contribution in [2.24, 2.45) is 28.8 Å². The first-order valence-corrected chi connectivity index (χ1v) is 11.2. The number of anilines is 1. The first-order valence-electron chi connectivity index (χ1n) is 10.8. The number of carbonyl (C=O) groups is 3. The molecule has 1 heterocycles. The van der Waals surface area contributed by atoms with Crippen LogP contribution in [0, 0.1) is 30.6 Å². The van der Waals surface area contributed by atoms with Gasteiger partial charge in [0.15, 0.2) is 6.61 Å². The van der Waals surface area contributed by atoms with Crippen molar-refractivity contribution >= 4 is 41.2 Å². The van der Waals surface area contributed by atoms with E-state index in [0.29, 0.717) is 22.0 Å². The van der Waals surface area contributed by atoms with Crippen LogP contribution in [0.2, 0.25) is 5.02 Å². The fraction of sp³-hybridized carbons (Fsp3) is 0.280. The largest absolute Gasteiger partial charge is 0.483 e. The number of carbonyl (C=O) groups excluding carboxylic acids is 3. The van der Waals surface area contributed by atoms with Gasteiger partial charge in [-0.1, -0.05) is 42.0 Å². The number of rotatable bonds is 6. The van der Waals surface area contributed by atoms with Crippen molar-refractivity contribution in [2.75, 3.05) is 11.9 Å². The van der Waals surface area contributed by atoms with Crippen molar-refractivity contribution in [1.82, 2.24) is 5.01 Å². The number of fused-ring (bicyclic) bond motifs is 5. The van der Waals surface area contributed by atoms with E-state index < -0.39 is 0 Å². The molecule has 168 valence electrons. The third-order valence-corrected chi connectivity index (χ3v) is 6.74. The monoisotopic (exact) mass is 463 g/mol. The number of imide groups is 1. The third-order valence-electron chi connectivity index (χ3n) is 6.51. The molecular weight excluding hydrogens is 442 g/mol. The third kappa shape index (κ3) is 3.93. The normalized spacial score (nSPS) is 25.2. The van der Waals surface area contributed by atoms with Gasteiger partial charge in [-0.3, -0.25) is 14.4 Å². The zero-order valence-electron chi connectivity index (χ0n) is 17.9. The molecule has 8 heteroatoms. The van der Waals surface area contributed by atoms with Crippen molar-refractivity contribution in [3.8, 4) is 5.75 Å². The molecule has 2 aromatic rings. The number of hydrogen-bond acceptors (Lipinski definition) is 5. The summed E-state index contributed by atoms with van der Waals surface area (Å²) in [4.78, 5) is 38.0. The van der Waals surface area contributed by atoms with Gasteiger partial charge >= 0.3 is 0 Å². The molecule has 33 heavy (non-hydrogen) atoms. The topological polar surface area (TPSA) is 88.1 Å². The van der Waals surface area contributed by atoms with Gasteiger partial charge < -0.3 is 10.1 Å². The highest BCUT2D eigenvalue weighted by Crippen LogP contribution is 2.52. The van der Waals surface area contributed by atoms with E-state index in [-0.39, 0.29) is 48.0 Å². The van der Waals surface area contributed by atoms with Crippen LogP contribution in [0.15, 0.2) is 59.7 Å². The van der Waals surface area contributed by atoms with Crippen LogP contribution in [0.25, 0.3) is 0 Å². The highest BCUT2D eigenvalue weighted by molar-refractivity contribution is 6.31. The lowest BCUT2D eigenvalue weighted by Gasteiger charge is -2.13. The van der Waals surface area contributed by atoms with Crippen LogP contribution in [-0.2, 0) is 14.4 Å². The van der Waals surface area contributed by atoms with E-state index in [4.69, 9.17) is 16.3 Å². The first kappa shape index (κ1) is 21.4. The van der Waals surface area contributed by atoms with Gasteiger partial charge in [0, 0.05) is 16.3 Å². The van der Waals surface area contributed by atoms with E-state index in [1.807, 2.05) is 43.3 Å². The number of nitrogens with one attached hydrogen (secondary N) is 1. The zero-order valence-corrected chi connectivity index (χ0v) is 18.7. The molecular formula is C25H22ClN3O4. The van der Waals surface area contributed by atoms with E-state index >= 15 is 0 Å².